The van der Waals surface area contributed by atoms with Crippen molar-refractivity contribution in [3.05, 3.63) is 78.9 Å². The van der Waals surface area contributed by atoms with Crippen LogP contribution in [0.1, 0.15) is 65.0 Å². The molecule has 0 bridgehead atoms. The molecule has 20 heteroatoms. The molecule has 51 heavy (non-hydrogen) atoms. The van der Waals surface area contributed by atoms with E-state index in [-0.39, 0.29) is 49.3 Å². The maximum Gasteiger partial charge on any atom is 0.433 e. The van der Waals surface area contributed by atoms with E-state index in [1.807, 2.05) is 6.92 Å². The van der Waals surface area contributed by atoms with E-state index < -0.39 is 35.4 Å². The number of alkyl halides is 6. The predicted octanol–water partition coefficient (Wildman–Crippen LogP) is 9.58. The highest BCUT2D eigenvalue weighted by molar-refractivity contribution is 9.11. The molecule has 6 aromatic rings. The van der Waals surface area contributed by atoms with Gasteiger partial charge in [0.1, 0.15) is 0 Å². The van der Waals surface area contributed by atoms with Crippen molar-refractivity contribution in [2.75, 3.05) is 6.54 Å². The zero-order chi connectivity index (χ0) is 36.8. The molecule has 0 aliphatic carbocycles. The molecular weight excluding hydrogens is 856 g/mol. The van der Waals surface area contributed by atoms with Gasteiger partial charge >= 0.3 is 18.3 Å². The molecular formula is C31H23Br2F6N7O3S2. The Morgan fingerprint density at radius 1 is 0.843 bits per heavy atom. The number of carbonyl (C=O) groups is 2. The fourth-order valence-electron chi connectivity index (χ4n) is 5.59. The fraction of sp³-hybridized carbons (Fsp3) is 0.290. The van der Waals surface area contributed by atoms with Crippen molar-refractivity contribution in [2.24, 2.45) is 0 Å². The molecule has 0 spiro atoms. The summed E-state index contributed by atoms with van der Waals surface area (Å²) >= 11 is 8.79. The number of likely N-dealkylation sites (tertiary alicyclic amines) is 1. The summed E-state index contributed by atoms with van der Waals surface area (Å²) in [6.07, 6.45) is -5.74. The summed E-state index contributed by atoms with van der Waals surface area (Å²) in [6, 6.07) is 8.68. The van der Waals surface area contributed by atoms with Crippen LogP contribution >= 0.6 is 54.5 Å². The van der Waals surface area contributed by atoms with Crippen LogP contribution in [0.25, 0.3) is 32.4 Å². The number of fused-ring (bicyclic) bond motifs is 2. The molecule has 1 atom stereocenters. The molecule has 1 N–H and O–H groups in total. The number of amides is 1. The highest BCUT2D eigenvalue weighted by Crippen LogP contribution is 2.37. The molecule has 1 aliphatic heterocycles. The van der Waals surface area contributed by atoms with E-state index in [2.05, 4.69) is 52.0 Å². The number of carboxylic acid groups (broad SMARTS) is 1. The second-order valence-corrected chi connectivity index (χ2v) is 14.6. The molecule has 10 nitrogen and oxygen atoms in total. The van der Waals surface area contributed by atoms with E-state index in [1.165, 1.54) is 22.7 Å². The first-order valence-electron chi connectivity index (χ1n) is 15.0. The average Bonchev–Trinajstić information content (AvgIpc) is 3.91. The molecule has 6 aromatic heterocycles. The molecule has 268 valence electrons. The third-order valence-corrected chi connectivity index (χ3v) is 11.2. The molecule has 7 heterocycles. The Morgan fingerprint density at radius 2 is 1.33 bits per heavy atom. The van der Waals surface area contributed by atoms with Crippen LogP contribution in [0.3, 0.4) is 0 Å². The van der Waals surface area contributed by atoms with Crippen molar-refractivity contribution in [2.45, 2.75) is 51.0 Å². The number of hydrogen-bond acceptors (Lipinski definition) is 8. The van der Waals surface area contributed by atoms with Gasteiger partial charge in [-0.05, 0) is 92.6 Å². The maximum absolute atomic E-state index is 13.8. The topological polar surface area (TPSA) is 118 Å². The summed E-state index contributed by atoms with van der Waals surface area (Å²) in [5, 5.41) is 20.0. The third-order valence-electron chi connectivity index (χ3n) is 7.96. The average molecular weight is 880 g/mol. The lowest BCUT2D eigenvalue weighted by molar-refractivity contribution is -0.143. The van der Waals surface area contributed by atoms with E-state index >= 15 is 0 Å². The summed E-state index contributed by atoms with van der Waals surface area (Å²) in [6.45, 7) is 2.59. The molecule has 1 unspecified atom stereocenters. The van der Waals surface area contributed by atoms with Crippen molar-refractivity contribution in [3.63, 3.8) is 0 Å². The Balaban J connectivity index is 0.000000183. The molecule has 0 radical (unpaired) electrons. The Hall–Kier alpha value is -3.88. The summed E-state index contributed by atoms with van der Waals surface area (Å²) < 4.78 is 82.3. The Morgan fingerprint density at radius 3 is 1.76 bits per heavy atom. The van der Waals surface area contributed by atoms with Crippen molar-refractivity contribution < 1.29 is 41.0 Å². The Labute approximate surface area is 309 Å². The van der Waals surface area contributed by atoms with E-state index in [0.717, 1.165) is 42.3 Å². The molecule has 0 aromatic carbocycles. The molecule has 0 saturated carbocycles. The molecule has 7 rings (SSSR count). The van der Waals surface area contributed by atoms with Gasteiger partial charge in [-0.2, -0.15) is 36.5 Å². The van der Waals surface area contributed by atoms with Gasteiger partial charge in [-0.3, -0.25) is 4.79 Å². The van der Waals surface area contributed by atoms with Crippen LogP contribution < -0.4 is 0 Å². The van der Waals surface area contributed by atoms with Crippen LogP contribution in [0.2, 0.25) is 0 Å². The number of carboxylic acids is 1. The normalized spacial score (nSPS) is 15.3. The maximum atomic E-state index is 13.8. The van der Waals surface area contributed by atoms with Gasteiger partial charge in [0, 0.05) is 12.6 Å². The first kappa shape index (κ1) is 36.9. The number of rotatable bonds is 5. The zero-order valence-corrected chi connectivity index (χ0v) is 30.8. The monoisotopic (exact) mass is 877 g/mol. The van der Waals surface area contributed by atoms with Crippen molar-refractivity contribution in [1.82, 2.24) is 34.1 Å². The van der Waals surface area contributed by atoms with Crippen molar-refractivity contribution in [3.8, 4) is 21.1 Å². The van der Waals surface area contributed by atoms with E-state index in [1.54, 1.807) is 39.9 Å². The standard InChI is InChI=1S/C19H18BrF3N4OS.C12H5BrF3N3O2S/c1-2-11-6-3-4-8-26(11)18(28)16-15(20)17-24-12(13-7-5-9-29-13)10-14(19(21,22)23)27(17)25-16;13-8-9(11(20)21)18-19-7(12(14,15)16)4-5(17-10(8)19)6-2-1-3-22-6/h5,7,9-11H,2-4,6,8H2,1H3;1-4H,(H,20,21). The van der Waals surface area contributed by atoms with Crippen molar-refractivity contribution in [1.29, 1.82) is 0 Å². The number of aromatic nitrogens is 6. The Kier molecular flexibility index (Phi) is 10.3. The highest BCUT2D eigenvalue weighted by atomic mass is 79.9. The second kappa shape index (κ2) is 14.3. The SMILES string of the molecule is CCC1CCCCN1C(=O)c1nn2c(C(F)(F)F)cc(-c3cccs3)nc2c1Br.O=C(O)c1nn2c(C(F)(F)F)cc(-c3cccs3)nc2c1Br. The number of carbonyl (C=O) groups excluding carboxylic acids is 1. The van der Waals surface area contributed by atoms with Gasteiger partial charge in [-0.25, -0.2) is 23.8 Å². The summed E-state index contributed by atoms with van der Waals surface area (Å²) in [5.74, 6) is -1.80. The molecule has 1 amide bonds. The number of piperidine rings is 1. The number of thiophene rings is 2. The minimum atomic E-state index is -4.70. The van der Waals surface area contributed by atoms with Gasteiger partial charge in [0.15, 0.2) is 34.1 Å². The Bertz CT molecular complexity index is 2240. The molecule has 1 aliphatic rings. The number of hydrogen-bond donors (Lipinski definition) is 1. The lowest BCUT2D eigenvalue weighted by Crippen LogP contribution is -2.43. The third kappa shape index (κ3) is 7.27. The van der Waals surface area contributed by atoms with Crippen LogP contribution in [0.4, 0.5) is 26.3 Å². The lowest BCUT2D eigenvalue weighted by atomic mass is 9.99. The highest BCUT2D eigenvalue weighted by Gasteiger charge is 2.39. The predicted molar refractivity (Wildman–Crippen MR) is 184 cm³/mol. The second-order valence-electron chi connectivity index (χ2n) is 11.2. The summed E-state index contributed by atoms with van der Waals surface area (Å²) in [5.41, 5.74) is -2.53. The van der Waals surface area contributed by atoms with E-state index in [4.69, 9.17) is 5.11 Å². The minimum Gasteiger partial charge on any atom is -0.476 e. The fourth-order valence-corrected chi connectivity index (χ4v) is 7.97. The van der Waals surface area contributed by atoms with E-state index in [9.17, 15) is 35.9 Å². The quantitative estimate of drug-likeness (QED) is 0.172. The van der Waals surface area contributed by atoms with Gasteiger partial charge < -0.3 is 10.0 Å². The smallest absolute Gasteiger partial charge is 0.433 e. The first-order valence-corrected chi connectivity index (χ1v) is 18.4. The summed E-state index contributed by atoms with van der Waals surface area (Å²) in [4.78, 5) is 35.5. The zero-order valence-electron chi connectivity index (χ0n) is 26.0. The van der Waals surface area contributed by atoms with E-state index in [0.29, 0.717) is 20.8 Å². The van der Waals surface area contributed by atoms with Crippen LogP contribution in [0, 0.1) is 0 Å². The van der Waals surface area contributed by atoms with Crippen LogP contribution in [-0.4, -0.2) is 63.7 Å². The van der Waals surface area contributed by atoms with Gasteiger partial charge in [-0.1, -0.05) is 19.1 Å². The van der Waals surface area contributed by atoms with Crippen molar-refractivity contribution >= 4 is 77.7 Å². The number of nitrogens with zero attached hydrogens (tertiary/aromatic N) is 7. The van der Waals surface area contributed by atoms with Crippen LogP contribution in [0.15, 0.2) is 56.1 Å². The van der Waals surface area contributed by atoms with Gasteiger partial charge in [0.2, 0.25) is 0 Å². The summed E-state index contributed by atoms with van der Waals surface area (Å²) in [7, 11) is 0. The largest absolute Gasteiger partial charge is 0.476 e. The first-order chi connectivity index (χ1) is 24.1. The molecule has 1 saturated heterocycles. The van der Waals surface area contributed by atoms with Crippen LogP contribution in [-0.2, 0) is 12.4 Å². The molecule has 1 fully saturated rings. The number of halogens is 8. The number of aromatic carboxylic acids is 1. The van der Waals surface area contributed by atoms with Gasteiger partial charge in [0.25, 0.3) is 5.91 Å². The van der Waals surface area contributed by atoms with Gasteiger partial charge in [-0.15, -0.1) is 22.7 Å². The van der Waals surface area contributed by atoms with Crippen LogP contribution in [0.5, 0.6) is 0 Å². The lowest BCUT2D eigenvalue weighted by Gasteiger charge is -2.34. The minimum absolute atomic E-state index is 0.0170. The van der Waals surface area contributed by atoms with Gasteiger partial charge in [0.05, 0.1) is 30.1 Å².